The van der Waals surface area contributed by atoms with Crippen LogP contribution in [0.25, 0.3) is 0 Å². The van der Waals surface area contributed by atoms with Crippen molar-refractivity contribution in [3.63, 3.8) is 0 Å². The Morgan fingerprint density at radius 2 is 2.05 bits per heavy atom. The van der Waals surface area contributed by atoms with E-state index in [-0.39, 0.29) is 23.9 Å². The highest BCUT2D eigenvalue weighted by molar-refractivity contribution is 6.23. The van der Waals surface area contributed by atoms with E-state index in [0.717, 1.165) is 5.71 Å². The average Bonchev–Trinajstić information content (AvgIpc) is 2.85. The Hall–Kier alpha value is -2.25. The molecule has 8 nitrogen and oxygen atoms in total. The quantitative estimate of drug-likeness (QED) is 0.732. The number of guanidine groups is 1. The summed E-state index contributed by atoms with van der Waals surface area (Å²) in [5, 5.41) is 4.20. The van der Waals surface area contributed by atoms with Crippen LogP contribution in [0.5, 0.6) is 0 Å². The predicted molar refractivity (Wildman–Crippen MR) is 81.9 cm³/mol. The van der Waals surface area contributed by atoms with Gasteiger partial charge in [-0.15, -0.1) is 5.10 Å². The molecule has 1 saturated heterocycles. The second kappa shape index (κ2) is 4.89. The lowest BCUT2D eigenvalue weighted by Crippen LogP contribution is -2.64. The molecule has 1 N–H and O–H groups in total. The summed E-state index contributed by atoms with van der Waals surface area (Å²) in [4.78, 5) is 32.5. The third-order valence-corrected chi connectivity index (χ3v) is 4.25. The van der Waals surface area contributed by atoms with Crippen LogP contribution >= 0.6 is 0 Å². The van der Waals surface area contributed by atoms with Crippen molar-refractivity contribution < 1.29 is 14.2 Å². The number of carbonyl (C=O) groups is 2. The van der Waals surface area contributed by atoms with Gasteiger partial charge >= 0.3 is 12.0 Å². The molecule has 3 aliphatic heterocycles. The number of rotatable bonds is 2. The molecule has 118 valence electrons. The van der Waals surface area contributed by atoms with Gasteiger partial charge in [-0.25, -0.2) is 9.37 Å². The lowest BCUT2D eigenvalue weighted by Gasteiger charge is -2.36. The average molecular weight is 305 g/mol. The standard InChI is InChI=1S/C14H20N6O2/c1-7(2)6-19-12(21)10-11(18(5)14(19)22)15-13-17-16-8(3)9(4)20(10)13/h7,9-10H,6H2,1-5H3/p+1. The minimum atomic E-state index is -0.565. The summed E-state index contributed by atoms with van der Waals surface area (Å²) < 4.78 is 1.90. The number of carbonyl (C=O) groups excluding carboxylic acids is 2. The summed E-state index contributed by atoms with van der Waals surface area (Å²) in [6, 6.07) is -0.933. The van der Waals surface area contributed by atoms with Gasteiger partial charge < -0.3 is 0 Å². The fraction of sp³-hybridized carbons (Fsp3) is 0.643. The number of aliphatic imine (C=N–C) groups is 1. The van der Waals surface area contributed by atoms with E-state index in [0.29, 0.717) is 18.3 Å². The van der Waals surface area contributed by atoms with Gasteiger partial charge in [0.25, 0.3) is 5.91 Å². The maximum absolute atomic E-state index is 12.9. The first-order chi connectivity index (χ1) is 10.3. The molecule has 2 unspecified atom stereocenters. The fourth-order valence-electron chi connectivity index (χ4n) is 2.94. The Morgan fingerprint density at radius 1 is 1.36 bits per heavy atom. The highest BCUT2D eigenvalue weighted by Crippen LogP contribution is 2.23. The Bertz CT molecular complexity index is 648. The predicted octanol–water partition coefficient (Wildman–Crippen LogP) is 0.0532. The van der Waals surface area contributed by atoms with Gasteiger partial charge in [0, 0.05) is 13.6 Å². The first kappa shape index (κ1) is 14.7. The molecule has 0 radical (unpaired) electrons. The summed E-state index contributed by atoms with van der Waals surface area (Å²) in [5.74, 6) is 0.991. The molecule has 0 aromatic carbocycles. The zero-order chi connectivity index (χ0) is 16.2. The van der Waals surface area contributed by atoms with Gasteiger partial charge in [0.2, 0.25) is 11.9 Å². The van der Waals surface area contributed by atoms with Crippen molar-refractivity contribution in [3.05, 3.63) is 0 Å². The Morgan fingerprint density at radius 3 is 2.68 bits per heavy atom. The van der Waals surface area contributed by atoms with E-state index in [1.54, 1.807) is 7.05 Å². The van der Waals surface area contributed by atoms with Crippen molar-refractivity contribution in [2.45, 2.75) is 39.8 Å². The molecule has 3 rings (SSSR count). The largest absolute Gasteiger partial charge is 0.414 e. The molecule has 2 atom stereocenters. The van der Waals surface area contributed by atoms with Crippen LogP contribution < -0.4 is 5.43 Å². The van der Waals surface area contributed by atoms with Crippen LogP contribution in [0.1, 0.15) is 27.7 Å². The van der Waals surface area contributed by atoms with Crippen LogP contribution in [0, 0.1) is 5.92 Å². The van der Waals surface area contributed by atoms with E-state index in [1.807, 2.05) is 32.3 Å². The third-order valence-electron chi connectivity index (χ3n) is 4.25. The highest BCUT2D eigenvalue weighted by Gasteiger charge is 2.54. The van der Waals surface area contributed by atoms with Crippen molar-refractivity contribution in [1.29, 1.82) is 0 Å². The minimum absolute atomic E-state index is 0.0473. The molecule has 3 amide bonds. The number of nitrogens with one attached hydrogen (secondary N) is 1. The van der Waals surface area contributed by atoms with Gasteiger partial charge in [0.1, 0.15) is 6.04 Å². The van der Waals surface area contributed by atoms with E-state index < -0.39 is 6.04 Å². The molecule has 0 bridgehead atoms. The van der Waals surface area contributed by atoms with Gasteiger partial charge in [-0.05, 0) is 19.8 Å². The zero-order valence-electron chi connectivity index (χ0n) is 13.5. The smallest absolute Gasteiger partial charge is 0.270 e. The molecule has 0 spiro atoms. The monoisotopic (exact) mass is 305 g/mol. The lowest BCUT2D eigenvalue weighted by atomic mass is 10.1. The molecule has 0 aromatic heterocycles. The number of imide groups is 1. The van der Waals surface area contributed by atoms with Crippen LogP contribution in [0.2, 0.25) is 0 Å². The molecule has 3 aliphatic rings. The Kier molecular flexibility index (Phi) is 3.26. The van der Waals surface area contributed by atoms with Gasteiger partial charge in [0.05, 0.1) is 5.71 Å². The Balaban J connectivity index is 2.00. The normalized spacial score (nSPS) is 27.7. The Labute approximate surface area is 129 Å². The van der Waals surface area contributed by atoms with Crippen LogP contribution in [0.3, 0.4) is 0 Å². The van der Waals surface area contributed by atoms with Crippen LogP contribution in [0.4, 0.5) is 4.79 Å². The summed E-state index contributed by atoms with van der Waals surface area (Å²) in [5.41, 5.74) is 3.74. The zero-order valence-corrected chi connectivity index (χ0v) is 13.5. The maximum Gasteiger partial charge on any atom is 0.414 e. The van der Waals surface area contributed by atoms with E-state index in [4.69, 9.17) is 0 Å². The number of likely N-dealkylation sites (N-methyl/N-ethyl adjacent to an activating group) is 1. The third kappa shape index (κ3) is 1.93. The fourth-order valence-corrected chi connectivity index (χ4v) is 2.94. The summed E-state index contributed by atoms with van der Waals surface area (Å²) >= 11 is 0. The van der Waals surface area contributed by atoms with Crippen LogP contribution in [-0.2, 0) is 4.79 Å². The number of urea groups is 1. The van der Waals surface area contributed by atoms with Crippen molar-refractivity contribution in [2.24, 2.45) is 16.0 Å². The molecule has 8 heteroatoms. The number of amides is 3. The van der Waals surface area contributed by atoms with Crippen molar-refractivity contribution in [1.82, 2.24) is 15.2 Å². The van der Waals surface area contributed by atoms with E-state index >= 15 is 0 Å². The topological polar surface area (TPSA) is 80.4 Å². The van der Waals surface area contributed by atoms with Crippen molar-refractivity contribution in [2.75, 3.05) is 13.6 Å². The summed E-state index contributed by atoms with van der Waals surface area (Å²) in [6.07, 6.45) is 0. The minimum Gasteiger partial charge on any atom is -0.270 e. The number of hydrogen-bond acceptors (Lipinski definition) is 5. The molecule has 1 fully saturated rings. The SMILES string of the molecule is CC1=NNC2=[N+](C1C)C1C(=O)N(CC(C)C)C(=O)N(C)C1=N2. The molecule has 3 heterocycles. The molecule has 22 heavy (non-hydrogen) atoms. The maximum atomic E-state index is 12.9. The van der Waals surface area contributed by atoms with E-state index in [1.165, 1.54) is 9.80 Å². The highest BCUT2D eigenvalue weighted by atomic mass is 16.2. The molecular weight excluding hydrogens is 284 g/mol. The number of nitrogens with zero attached hydrogens (tertiary/aromatic N) is 5. The second-order valence-electron chi connectivity index (χ2n) is 6.33. The first-order valence-electron chi connectivity index (χ1n) is 7.46. The summed E-state index contributed by atoms with van der Waals surface area (Å²) in [6.45, 7) is 8.26. The van der Waals surface area contributed by atoms with Gasteiger partial charge in [-0.2, -0.15) is 5.43 Å². The molecule has 0 saturated carbocycles. The number of fused-ring (bicyclic) bond motifs is 2. The molecule has 0 aromatic rings. The van der Waals surface area contributed by atoms with Gasteiger partial charge in [-0.3, -0.25) is 14.6 Å². The lowest BCUT2D eigenvalue weighted by molar-refractivity contribution is -0.555. The van der Waals surface area contributed by atoms with E-state index in [9.17, 15) is 9.59 Å². The van der Waals surface area contributed by atoms with Crippen LogP contribution in [0.15, 0.2) is 10.1 Å². The number of amidine groups is 1. The molecular formula is C14H21N6O2+. The second-order valence-corrected chi connectivity index (χ2v) is 6.33. The van der Waals surface area contributed by atoms with Crippen LogP contribution in [-0.4, -0.2) is 69.5 Å². The first-order valence-corrected chi connectivity index (χ1v) is 7.46. The molecule has 0 aliphatic carbocycles. The van der Waals surface area contributed by atoms with E-state index in [2.05, 4.69) is 15.5 Å². The van der Waals surface area contributed by atoms with Crippen molar-refractivity contribution >= 4 is 29.4 Å². The summed E-state index contributed by atoms with van der Waals surface area (Å²) in [7, 11) is 1.66. The van der Waals surface area contributed by atoms with Gasteiger partial charge in [0.15, 0.2) is 0 Å². The van der Waals surface area contributed by atoms with Gasteiger partial charge in [-0.1, -0.05) is 18.8 Å². The van der Waals surface area contributed by atoms with Crippen molar-refractivity contribution in [3.8, 4) is 0 Å². The number of hydrazone groups is 1. The number of hydrogen-bond donors (Lipinski definition) is 1.